The predicted octanol–water partition coefficient (Wildman–Crippen LogP) is 14.4. The van der Waals surface area contributed by atoms with E-state index in [-0.39, 0.29) is 38.0 Å². The van der Waals surface area contributed by atoms with E-state index in [2.05, 4.69) is 18.7 Å². The summed E-state index contributed by atoms with van der Waals surface area (Å²) < 4.78 is 16.8. The number of carbonyl (C=O) groups is 3. The van der Waals surface area contributed by atoms with Gasteiger partial charge in [0.25, 0.3) is 0 Å². The Morgan fingerprint density at radius 3 is 1.26 bits per heavy atom. The van der Waals surface area contributed by atoms with Crippen molar-refractivity contribution in [2.75, 3.05) is 43.0 Å². The lowest BCUT2D eigenvalue weighted by atomic mass is 10.0. The number of ether oxygens (including phenoxy) is 3. The number of hydrogen-bond acceptors (Lipinski definition) is 8. The Morgan fingerprint density at radius 1 is 0.516 bits per heavy atom. The van der Waals surface area contributed by atoms with Crippen molar-refractivity contribution in [1.29, 1.82) is 0 Å². The maximum Gasteiger partial charge on any atom is 0.323 e. The number of benzene rings is 1. The lowest BCUT2D eigenvalue weighted by molar-refractivity contribution is -0.167. The first kappa shape index (κ1) is 58.0. The van der Waals surface area contributed by atoms with Crippen LogP contribution in [-0.4, -0.2) is 68.1 Å². The molecular weight excluding hydrogens is 819 g/mol. The summed E-state index contributed by atoms with van der Waals surface area (Å²) >= 11 is 11.9. The van der Waals surface area contributed by atoms with Crippen molar-refractivity contribution in [2.45, 2.75) is 238 Å². The molecule has 0 radical (unpaired) electrons. The summed E-state index contributed by atoms with van der Waals surface area (Å²) in [5.41, 5.74) is 8.14. The number of hydrogen-bond donors (Lipinski definition) is 1. The first-order chi connectivity index (χ1) is 30.3. The number of unbranched alkanes of at least 4 members (excludes halogenated alkanes) is 28. The van der Waals surface area contributed by atoms with Crippen molar-refractivity contribution < 1.29 is 28.6 Å². The highest BCUT2D eigenvalue weighted by molar-refractivity contribution is 6.18. The Kier molecular flexibility index (Phi) is 40.1. The summed E-state index contributed by atoms with van der Waals surface area (Å²) in [4.78, 5) is 40.7. The fourth-order valence-corrected chi connectivity index (χ4v) is 8.34. The molecule has 10 heteroatoms. The van der Waals surface area contributed by atoms with Gasteiger partial charge in [0, 0.05) is 43.4 Å². The summed E-state index contributed by atoms with van der Waals surface area (Å²) in [5, 5.41) is 0. The first-order valence-corrected chi connectivity index (χ1v) is 26.6. The number of nitrogens with zero attached hydrogens (tertiary/aromatic N) is 1. The number of alkyl halides is 2. The van der Waals surface area contributed by atoms with Crippen LogP contribution < -0.4 is 10.6 Å². The van der Waals surface area contributed by atoms with E-state index in [1.54, 1.807) is 0 Å². The SMILES string of the molecule is CCCCCCCCCCCCCCCCCC(=O)OCC(COC(=O)C(N)Cc1ccc(N(CCCl)CCCl)cc1)OC(=O)CCCCCCCCCCCCCCCCC. The maximum atomic E-state index is 13.0. The van der Waals surface area contributed by atoms with Crippen LogP contribution in [0.4, 0.5) is 5.69 Å². The van der Waals surface area contributed by atoms with Crippen LogP contribution in [0.3, 0.4) is 0 Å². The number of esters is 3. The van der Waals surface area contributed by atoms with Gasteiger partial charge in [-0.05, 0) is 37.0 Å². The molecule has 2 N–H and O–H groups in total. The number of rotatable bonds is 45. The minimum Gasteiger partial charge on any atom is -0.462 e. The molecule has 0 heterocycles. The van der Waals surface area contributed by atoms with Gasteiger partial charge >= 0.3 is 17.9 Å². The molecule has 1 aromatic rings. The predicted molar refractivity (Wildman–Crippen MR) is 263 cm³/mol. The van der Waals surface area contributed by atoms with E-state index in [1.165, 1.54) is 154 Å². The van der Waals surface area contributed by atoms with Crippen molar-refractivity contribution in [3.63, 3.8) is 0 Å². The molecule has 2 unspecified atom stereocenters. The Morgan fingerprint density at radius 2 is 0.871 bits per heavy atom. The second kappa shape index (κ2) is 42.9. The third-order valence-electron chi connectivity index (χ3n) is 11.9. The molecule has 0 amide bonds. The van der Waals surface area contributed by atoms with E-state index in [1.807, 2.05) is 24.3 Å². The van der Waals surface area contributed by atoms with Gasteiger partial charge < -0.3 is 24.8 Å². The molecule has 1 rings (SSSR count). The van der Waals surface area contributed by atoms with E-state index in [9.17, 15) is 14.4 Å². The molecule has 360 valence electrons. The molecule has 0 aliphatic heterocycles. The van der Waals surface area contributed by atoms with Gasteiger partial charge in [-0.3, -0.25) is 14.4 Å². The first-order valence-electron chi connectivity index (χ1n) is 25.6. The van der Waals surface area contributed by atoms with Gasteiger partial charge in [0.15, 0.2) is 6.10 Å². The Bertz CT molecular complexity index is 1180. The third-order valence-corrected chi connectivity index (χ3v) is 12.2. The Balaban J connectivity index is 2.45. The van der Waals surface area contributed by atoms with Crippen LogP contribution in [0.5, 0.6) is 0 Å². The van der Waals surface area contributed by atoms with Crippen molar-refractivity contribution in [3.8, 4) is 0 Å². The van der Waals surface area contributed by atoms with Crippen molar-refractivity contribution in [3.05, 3.63) is 29.8 Å². The Labute approximate surface area is 390 Å². The van der Waals surface area contributed by atoms with E-state index in [4.69, 9.17) is 43.1 Å². The molecule has 8 nitrogen and oxygen atoms in total. The molecule has 2 atom stereocenters. The molecule has 0 aliphatic carbocycles. The van der Waals surface area contributed by atoms with Crippen LogP contribution in [-0.2, 0) is 35.0 Å². The normalized spacial score (nSPS) is 12.3. The molecule has 0 saturated carbocycles. The maximum absolute atomic E-state index is 13.0. The smallest absolute Gasteiger partial charge is 0.323 e. The van der Waals surface area contributed by atoms with Crippen LogP contribution in [0.25, 0.3) is 0 Å². The lowest BCUT2D eigenvalue weighted by Crippen LogP contribution is -2.38. The zero-order valence-electron chi connectivity index (χ0n) is 39.8. The van der Waals surface area contributed by atoms with Crippen molar-refractivity contribution >= 4 is 46.8 Å². The molecule has 0 fully saturated rings. The highest BCUT2D eigenvalue weighted by atomic mass is 35.5. The molecule has 0 bridgehead atoms. The van der Waals surface area contributed by atoms with Gasteiger partial charge in [0.2, 0.25) is 0 Å². The molecule has 0 spiro atoms. The van der Waals surface area contributed by atoms with Crippen LogP contribution in [0.2, 0.25) is 0 Å². The minimum absolute atomic E-state index is 0.159. The van der Waals surface area contributed by atoms with Crippen LogP contribution in [0, 0.1) is 0 Å². The number of anilines is 1. The standard InChI is InChI=1S/C52H92Cl2N2O6/c1-3-5-7-9-11-13-15-17-19-21-23-25-27-29-31-33-50(57)60-44-48(62-51(58)34-32-30-28-26-24-22-20-18-16-14-12-10-8-6-4-2)45-61-52(59)49(55)43-46-35-37-47(38-36-46)56(41-39-53)42-40-54/h35-38,48-49H,3-34,39-45,55H2,1-2H3. The average Bonchev–Trinajstić information content (AvgIpc) is 3.27. The monoisotopic (exact) mass is 911 g/mol. The van der Waals surface area contributed by atoms with Crippen molar-refractivity contribution in [2.24, 2.45) is 5.73 Å². The topological polar surface area (TPSA) is 108 Å². The zero-order valence-corrected chi connectivity index (χ0v) is 41.3. The van der Waals surface area contributed by atoms with Gasteiger partial charge in [-0.2, -0.15) is 0 Å². The molecule has 62 heavy (non-hydrogen) atoms. The largest absolute Gasteiger partial charge is 0.462 e. The summed E-state index contributed by atoms with van der Waals surface area (Å²) in [6, 6.07) is 6.88. The second-order valence-corrected chi connectivity index (χ2v) is 18.4. The number of nitrogens with two attached hydrogens (primary N) is 1. The highest BCUT2D eigenvalue weighted by Gasteiger charge is 2.22. The van der Waals surface area contributed by atoms with E-state index in [0.29, 0.717) is 31.3 Å². The van der Waals surface area contributed by atoms with Crippen LogP contribution in [0.1, 0.15) is 225 Å². The van der Waals surface area contributed by atoms with Crippen molar-refractivity contribution in [1.82, 2.24) is 0 Å². The zero-order chi connectivity index (χ0) is 45.1. The van der Waals surface area contributed by atoms with Gasteiger partial charge in [-0.15, -0.1) is 23.2 Å². The molecule has 0 aliphatic rings. The third kappa shape index (κ3) is 34.4. The van der Waals surface area contributed by atoms with Gasteiger partial charge in [-0.1, -0.05) is 206 Å². The number of halogens is 2. The molecular formula is C52H92Cl2N2O6. The summed E-state index contributed by atoms with van der Waals surface area (Å²) in [7, 11) is 0. The summed E-state index contributed by atoms with van der Waals surface area (Å²) in [6.07, 6.45) is 37.6. The fraction of sp³-hybridized carbons (Fsp3) is 0.827. The van der Waals surface area contributed by atoms with Gasteiger partial charge in [0.1, 0.15) is 19.3 Å². The second-order valence-electron chi connectivity index (χ2n) is 17.7. The molecule has 0 aromatic heterocycles. The van der Waals surface area contributed by atoms with Crippen LogP contribution >= 0.6 is 23.2 Å². The quantitative estimate of drug-likeness (QED) is 0.0298. The van der Waals surface area contributed by atoms with E-state index in [0.717, 1.165) is 49.8 Å². The molecule has 0 saturated heterocycles. The minimum atomic E-state index is -0.910. The van der Waals surface area contributed by atoms with E-state index >= 15 is 0 Å². The molecule has 1 aromatic carbocycles. The highest BCUT2D eigenvalue weighted by Crippen LogP contribution is 2.18. The average molecular weight is 912 g/mol. The van der Waals surface area contributed by atoms with Gasteiger partial charge in [0.05, 0.1) is 0 Å². The summed E-state index contributed by atoms with van der Waals surface area (Å²) in [5.74, 6) is -0.327. The summed E-state index contributed by atoms with van der Waals surface area (Å²) in [6.45, 7) is 5.50. The van der Waals surface area contributed by atoms with E-state index < -0.39 is 18.1 Å². The van der Waals surface area contributed by atoms with Gasteiger partial charge in [-0.25, -0.2) is 0 Å². The Hall–Kier alpha value is -2.03. The fourth-order valence-electron chi connectivity index (χ4n) is 7.94. The van der Waals surface area contributed by atoms with Crippen LogP contribution in [0.15, 0.2) is 24.3 Å². The number of carbonyl (C=O) groups excluding carboxylic acids is 3. The lowest BCUT2D eigenvalue weighted by Gasteiger charge is -2.23.